The molecule has 0 saturated heterocycles. The van der Waals surface area contributed by atoms with Crippen LogP contribution >= 0.6 is 8.53 Å². The summed E-state index contributed by atoms with van der Waals surface area (Å²) in [5, 5.41) is 0. The Balaban J connectivity index is 1.61. The van der Waals surface area contributed by atoms with E-state index >= 15 is 0 Å². The molecule has 1 heterocycles. The van der Waals surface area contributed by atoms with Crippen LogP contribution in [0.5, 0.6) is 5.75 Å². The number of rotatable bonds is 3. The molecule has 166 valence electrons. The van der Waals surface area contributed by atoms with E-state index < -0.39 is 8.53 Å². The smallest absolute Gasteiger partial charge is 0.321 e. The summed E-state index contributed by atoms with van der Waals surface area (Å²) >= 11 is 0. The Kier molecular flexibility index (Phi) is 6.17. The molecule has 0 amide bonds. The molecule has 1 aliphatic heterocycles. The third-order valence-corrected chi connectivity index (χ3v) is 10.3. The van der Waals surface area contributed by atoms with Gasteiger partial charge in [0.25, 0.3) is 0 Å². The molecule has 0 N–H and O–H groups in total. The number of nitrogens with zero attached hydrogens (tertiary/aromatic N) is 1. The van der Waals surface area contributed by atoms with Gasteiger partial charge in [0, 0.05) is 23.6 Å². The fourth-order valence-corrected chi connectivity index (χ4v) is 8.79. The third kappa shape index (κ3) is 3.74. The van der Waals surface area contributed by atoms with Gasteiger partial charge in [0.05, 0.1) is 6.10 Å². The van der Waals surface area contributed by atoms with Gasteiger partial charge in [0.15, 0.2) is 0 Å². The van der Waals surface area contributed by atoms with Crippen molar-refractivity contribution in [1.29, 1.82) is 0 Å². The van der Waals surface area contributed by atoms with Gasteiger partial charge in [-0.25, -0.2) is 4.67 Å². The lowest BCUT2D eigenvalue weighted by Crippen LogP contribution is -2.40. The van der Waals surface area contributed by atoms with E-state index in [0.717, 1.165) is 17.6 Å². The van der Waals surface area contributed by atoms with Crippen LogP contribution < -0.4 is 4.52 Å². The summed E-state index contributed by atoms with van der Waals surface area (Å²) in [7, 11) is -1.08. The quantitative estimate of drug-likeness (QED) is 0.468. The highest BCUT2D eigenvalue weighted by molar-refractivity contribution is 7.45. The van der Waals surface area contributed by atoms with Gasteiger partial charge in [0.1, 0.15) is 5.75 Å². The Morgan fingerprint density at radius 2 is 1.67 bits per heavy atom. The largest absolute Gasteiger partial charge is 0.435 e. The predicted molar refractivity (Wildman–Crippen MR) is 125 cm³/mol. The van der Waals surface area contributed by atoms with Gasteiger partial charge in [-0.1, -0.05) is 25.3 Å². The van der Waals surface area contributed by atoms with Crippen LogP contribution in [-0.2, 0) is 17.4 Å². The minimum atomic E-state index is -1.08. The molecule has 4 heteroatoms. The summed E-state index contributed by atoms with van der Waals surface area (Å²) in [5.74, 6) is 3.38. The zero-order valence-corrected chi connectivity index (χ0v) is 20.3. The van der Waals surface area contributed by atoms with Crippen LogP contribution in [0.2, 0.25) is 0 Å². The SMILES string of the molecule is CC(C)N(C(C)C)P1Oc2ccc3c(c2[C@@H]2C(CCC4CCCCC42)O1)CCCC3. The van der Waals surface area contributed by atoms with E-state index in [9.17, 15) is 0 Å². The van der Waals surface area contributed by atoms with Crippen LogP contribution in [0.4, 0.5) is 0 Å². The second-order valence-corrected chi connectivity index (χ2v) is 12.0. The van der Waals surface area contributed by atoms with Crippen molar-refractivity contribution in [3.05, 3.63) is 28.8 Å². The molecule has 2 fully saturated rings. The maximum absolute atomic E-state index is 6.99. The van der Waals surface area contributed by atoms with E-state index in [1.165, 1.54) is 64.2 Å². The molecule has 0 radical (unpaired) electrons. The van der Waals surface area contributed by atoms with Crippen molar-refractivity contribution >= 4 is 8.53 Å². The van der Waals surface area contributed by atoms with Crippen LogP contribution in [0, 0.1) is 11.8 Å². The fraction of sp³-hybridized carbons (Fsp3) is 0.769. The predicted octanol–water partition coefficient (Wildman–Crippen LogP) is 7.37. The minimum Gasteiger partial charge on any atom is -0.435 e. The van der Waals surface area contributed by atoms with E-state index in [-0.39, 0.29) is 0 Å². The maximum atomic E-state index is 6.99. The highest BCUT2D eigenvalue weighted by atomic mass is 31.2. The van der Waals surface area contributed by atoms with Crippen LogP contribution in [-0.4, -0.2) is 22.9 Å². The zero-order chi connectivity index (χ0) is 20.8. The van der Waals surface area contributed by atoms with Crippen LogP contribution in [0.25, 0.3) is 0 Å². The molecule has 3 nitrogen and oxygen atoms in total. The molecule has 5 atom stereocenters. The number of hydrogen-bond acceptors (Lipinski definition) is 3. The number of benzene rings is 1. The molecule has 0 spiro atoms. The van der Waals surface area contributed by atoms with Gasteiger partial charge >= 0.3 is 8.53 Å². The Morgan fingerprint density at radius 1 is 0.900 bits per heavy atom. The van der Waals surface area contributed by atoms with Crippen LogP contribution in [0.3, 0.4) is 0 Å². The van der Waals surface area contributed by atoms with Crippen LogP contribution in [0.15, 0.2) is 12.1 Å². The highest BCUT2D eigenvalue weighted by Crippen LogP contribution is 2.60. The summed E-state index contributed by atoms with van der Waals surface area (Å²) in [5.41, 5.74) is 4.81. The summed E-state index contributed by atoms with van der Waals surface area (Å²) in [4.78, 5) is 0. The second kappa shape index (κ2) is 8.72. The van der Waals surface area contributed by atoms with Gasteiger partial charge in [-0.3, -0.25) is 0 Å². The zero-order valence-electron chi connectivity index (χ0n) is 19.4. The summed E-state index contributed by atoms with van der Waals surface area (Å²) in [6, 6.07) is 5.52. The Labute approximate surface area is 184 Å². The molecule has 1 aromatic carbocycles. The van der Waals surface area contributed by atoms with Crippen molar-refractivity contribution in [2.24, 2.45) is 11.8 Å². The van der Waals surface area contributed by atoms with E-state index in [0.29, 0.717) is 24.1 Å². The molecule has 30 heavy (non-hydrogen) atoms. The first kappa shape index (κ1) is 21.2. The van der Waals surface area contributed by atoms with Crippen molar-refractivity contribution in [2.75, 3.05) is 0 Å². The molecule has 0 aromatic heterocycles. The van der Waals surface area contributed by atoms with Gasteiger partial charge in [0.2, 0.25) is 0 Å². The lowest BCUT2D eigenvalue weighted by Gasteiger charge is -2.46. The molecule has 4 aliphatic rings. The van der Waals surface area contributed by atoms with Crippen molar-refractivity contribution in [3.8, 4) is 5.75 Å². The summed E-state index contributed by atoms with van der Waals surface area (Å²) in [6.45, 7) is 9.12. The van der Waals surface area contributed by atoms with Crippen molar-refractivity contribution < 1.29 is 9.05 Å². The summed E-state index contributed by atoms with van der Waals surface area (Å²) < 4.78 is 16.3. The van der Waals surface area contributed by atoms with Crippen molar-refractivity contribution in [3.63, 3.8) is 0 Å². The minimum absolute atomic E-state index is 0.324. The standard InChI is InChI=1S/C26H40NO2P/c1-17(2)27(18(3)4)30-28-23-15-13-19-9-5-7-11-21(19)25(23)26-22-12-8-6-10-20(22)14-16-24(26)29-30/h13,15,17-18,20,22,24,26H,5-12,14,16H2,1-4H3/t20?,22?,24?,26-,30?/m0/s1. The summed E-state index contributed by atoms with van der Waals surface area (Å²) in [6.07, 6.45) is 13.7. The average molecular weight is 430 g/mol. The molecule has 4 unspecified atom stereocenters. The monoisotopic (exact) mass is 429 g/mol. The molecule has 3 aliphatic carbocycles. The van der Waals surface area contributed by atoms with Gasteiger partial charge in [-0.2, -0.15) is 0 Å². The van der Waals surface area contributed by atoms with Crippen molar-refractivity contribution in [1.82, 2.24) is 4.67 Å². The Morgan fingerprint density at radius 3 is 2.47 bits per heavy atom. The van der Waals surface area contributed by atoms with Crippen LogP contribution in [0.1, 0.15) is 102 Å². The molecular weight excluding hydrogens is 389 g/mol. The number of fused-ring (bicyclic) bond motifs is 7. The lowest BCUT2D eigenvalue weighted by atomic mass is 9.61. The first-order valence-corrected chi connectivity index (χ1v) is 13.8. The second-order valence-electron chi connectivity index (χ2n) is 10.7. The van der Waals surface area contributed by atoms with Gasteiger partial charge in [-0.15, -0.1) is 0 Å². The maximum Gasteiger partial charge on any atom is 0.321 e. The lowest BCUT2D eigenvalue weighted by molar-refractivity contribution is 0.0367. The molecule has 1 aromatic rings. The Hall–Kier alpha value is -0.630. The first-order chi connectivity index (χ1) is 14.5. The fourth-order valence-electron chi connectivity index (χ4n) is 7.00. The molecule has 5 rings (SSSR count). The van der Waals surface area contributed by atoms with E-state index in [1.807, 2.05) is 0 Å². The van der Waals surface area contributed by atoms with Gasteiger partial charge in [-0.05, 0) is 102 Å². The normalized spacial score (nSPS) is 33.4. The number of hydrogen-bond donors (Lipinski definition) is 0. The highest BCUT2D eigenvalue weighted by Gasteiger charge is 2.48. The Bertz CT molecular complexity index is 756. The third-order valence-electron chi connectivity index (χ3n) is 8.17. The molecular formula is C26H40NO2P. The van der Waals surface area contributed by atoms with Gasteiger partial charge < -0.3 is 9.05 Å². The van der Waals surface area contributed by atoms with E-state index in [4.69, 9.17) is 9.05 Å². The molecule has 0 bridgehead atoms. The van der Waals surface area contributed by atoms with E-state index in [1.54, 1.807) is 16.7 Å². The van der Waals surface area contributed by atoms with E-state index in [2.05, 4.69) is 44.5 Å². The average Bonchev–Trinajstić information content (AvgIpc) is 2.90. The number of aryl methyl sites for hydroxylation is 1. The van der Waals surface area contributed by atoms with Crippen molar-refractivity contribution in [2.45, 2.75) is 116 Å². The molecule has 2 saturated carbocycles. The first-order valence-electron chi connectivity index (χ1n) is 12.6. The topological polar surface area (TPSA) is 21.7 Å².